The molecule has 1 amide bonds. The summed E-state index contributed by atoms with van der Waals surface area (Å²) in [6, 6.07) is 17.5. The van der Waals surface area contributed by atoms with Gasteiger partial charge in [-0.2, -0.15) is 5.26 Å². The quantitative estimate of drug-likeness (QED) is 0.888. The number of piperazine rings is 1. The second-order valence-electron chi connectivity index (χ2n) is 7.16. The number of benzene rings is 2. The molecule has 0 spiro atoms. The van der Waals surface area contributed by atoms with Crippen LogP contribution in [0.4, 0.5) is 5.69 Å². The fraction of sp³-hybridized carbons (Fsp3) is 0.364. The van der Waals surface area contributed by atoms with Crippen LogP contribution in [-0.2, 0) is 11.3 Å². The van der Waals surface area contributed by atoms with Gasteiger partial charge < -0.3 is 5.32 Å². The largest absolute Gasteiger partial charge is 0.325 e. The zero-order valence-electron chi connectivity index (χ0n) is 16.0. The Bertz CT molecular complexity index is 834. The maximum absolute atomic E-state index is 12.6. The lowest BCUT2D eigenvalue weighted by Crippen LogP contribution is -2.52. The summed E-state index contributed by atoms with van der Waals surface area (Å²) in [6.07, 6.45) is 0. The van der Waals surface area contributed by atoms with E-state index in [-0.39, 0.29) is 11.9 Å². The predicted molar refractivity (Wildman–Crippen MR) is 107 cm³/mol. The Morgan fingerprint density at radius 2 is 1.89 bits per heavy atom. The topological polar surface area (TPSA) is 59.4 Å². The van der Waals surface area contributed by atoms with Gasteiger partial charge in [0.15, 0.2) is 0 Å². The Morgan fingerprint density at radius 1 is 1.15 bits per heavy atom. The Hall–Kier alpha value is -2.68. The van der Waals surface area contributed by atoms with Gasteiger partial charge >= 0.3 is 0 Å². The maximum Gasteiger partial charge on any atom is 0.241 e. The average Bonchev–Trinajstić information content (AvgIpc) is 2.68. The maximum atomic E-state index is 12.6. The van der Waals surface area contributed by atoms with Crippen LogP contribution < -0.4 is 5.32 Å². The summed E-state index contributed by atoms with van der Waals surface area (Å²) in [5.41, 5.74) is 3.85. The van der Waals surface area contributed by atoms with Gasteiger partial charge in [0.2, 0.25) is 5.91 Å². The first kappa shape index (κ1) is 19.1. The van der Waals surface area contributed by atoms with E-state index in [2.05, 4.69) is 52.4 Å². The van der Waals surface area contributed by atoms with Gasteiger partial charge in [-0.3, -0.25) is 14.6 Å². The van der Waals surface area contributed by atoms with Gasteiger partial charge in [0.25, 0.3) is 0 Å². The number of amides is 1. The standard InChI is InChI=1S/C22H26N4O/c1-17-5-3-7-20(13-17)16-25-9-11-26(12-10-25)18(2)22(27)24-21-8-4-6-19(14-21)15-23/h3-8,13-14,18H,9-12,16H2,1-2H3,(H,24,27)/t18-/m1/s1. The summed E-state index contributed by atoms with van der Waals surface area (Å²) in [4.78, 5) is 17.2. The molecule has 1 N–H and O–H groups in total. The monoisotopic (exact) mass is 362 g/mol. The number of carbonyl (C=O) groups is 1. The minimum atomic E-state index is -0.197. The molecule has 0 aliphatic carbocycles. The molecule has 0 unspecified atom stereocenters. The van der Waals surface area contributed by atoms with E-state index in [1.54, 1.807) is 18.2 Å². The lowest BCUT2D eigenvalue weighted by atomic mass is 10.1. The minimum absolute atomic E-state index is 0.0303. The molecule has 1 heterocycles. The Balaban J connectivity index is 1.51. The number of carbonyl (C=O) groups excluding carboxylic acids is 1. The molecule has 27 heavy (non-hydrogen) atoms. The SMILES string of the molecule is Cc1cccc(CN2CCN([C@H](C)C(=O)Nc3cccc(C#N)c3)CC2)c1. The fourth-order valence-electron chi connectivity index (χ4n) is 3.46. The summed E-state index contributed by atoms with van der Waals surface area (Å²) in [5, 5.41) is 11.9. The van der Waals surface area contributed by atoms with Crippen LogP contribution in [0.5, 0.6) is 0 Å². The van der Waals surface area contributed by atoms with E-state index >= 15 is 0 Å². The summed E-state index contributed by atoms with van der Waals surface area (Å²) >= 11 is 0. The zero-order valence-corrected chi connectivity index (χ0v) is 16.0. The molecule has 3 rings (SSSR count). The average molecular weight is 362 g/mol. The molecule has 140 valence electrons. The molecule has 0 radical (unpaired) electrons. The third-order valence-corrected chi connectivity index (χ3v) is 5.08. The van der Waals surface area contributed by atoms with Gasteiger partial charge in [0, 0.05) is 38.4 Å². The third kappa shape index (κ3) is 5.16. The molecular weight excluding hydrogens is 336 g/mol. The van der Waals surface area contributed by atoms with Gasteiger partial charge in [0.1, 0.15) is 0 Å². The predicted octanol–water partition coefficient (Wildman–Crippen LogP) is 3.01. The van der Waals surface area contributed by atoms with Crippen molar-refractivity contribution < 1.29 is 4.79 Å². The molecule has 1 fully saturated rings. The van der Waals surface area contributed by atoms with Crippen LogP contribution in [0, 0.1) is 18.3 Å². The first-order valence-electron chi connectivity index (χ1n) is 9.38. The van der Waals surface area contributed by atoms with Crippen molar-refractivity contribution in [2.75, 3.05) is 31.5 Å². The van der Waals surface area contributed by atoms with Crippen LogP contribution in [0.15, 0.2) is 48.5 Å². The van der Waals surface area contributed by atoms with E-state index in [4.69, 9.17) is 5.26 Å². The molecule has 2 aromatic rings. The van der Waals surface area contributed by atoms with Crippen molar-refractivity contribution in [3.63, 3.8) is 0 Å². The van der Waals surface area contributed by atoms with E-state index in [0.717, 1.165) is 32.7 Å². The third-order valence-electron chi connectivity index (χ3n) is 5.08. The van der Waals surface area contributed by atoms with E-state index in [1.165, 1.54) is 11.1 Å². The smallest absolute Gasteiger partial charge is 0.241 e. The fourth-order valence-corrected chi connectivity index (χ4v) is 3.46. The highest BCUT2D eigenvalue weighted by Crippen LogP contribution is 2.14. The highest BCUT2D eigenvalue weighted by atomic mass is 16.2. The number of rotatable bonds is 5. The summed E-state index contributed by atoms with van der Waals surface area (Å²) in [5.74, 6) is -0.0303. The molecule has 5 heteroatoms. The Kier molecular flexibility index (Phi) is 6.23. The summed E-state index contributed by atoms with van der Waals surface area (Å²) < 4.78 is 0. The molecule has 1 saturated heterocycles. The minimum Gasteiger partial charge on any atom is -0.325 e. The van der Waals surface area contributed by atoms with Crippen LogP contribution in [0.25, 0.3) is 0 Å². The van der Waals surface area contributed by atoms with Crippen LogP contribution >= 0.6 is 0 Å². The molecule has 0 aromatic heterocycles. The lowest BCUT2D eigenvalue weighted by Gasteiger charge is -2.37. The Labute approximate surface area is 161 Å². The van der Waals surface area contributed by atoms with Gasteiger partial charge in [0.05, 0.1) is 17.7 Å². The second-order valence-corrected chi connectivity index (χ2v) is 7.16. The summed E-state index contributed by atoms with van der Waals surface area (Å²) in [6.45, 7) is 8.67. The van der Waals surface area contributed by atoms with Crippen LogP contribution in [0.2, 0.25) is 0 Å². The second kappa shape index (κ2) is 8.81. The van der Waals surface area contributed by atoms with Crippen LogP contribution in [0.1, 0.15) is 23.6 Å². The van der Waals surface area contributed by atoms with Crippen molar-refractivity contribution in [3.8, 4) is 6.07 Å². The lowest BCUT2D eigenvalue weighted by molar-refractivity contribution is -0.121. The normalized spacial score (nSPS) is 16.5. The molecule has 5 nitrogen and oxygen atoms in total. The van der Waals surface area contributed by atoms with Gasteiger partial charge in [-0.1, -0.05) is 35.9 Å². The van der Waals surface area contributed by atoms with Crippen molar-refractivity contribution in [2.45, 2.75) is 26.4 Å². The number of hydrogen-bond acceptors (Lipinski definition) is 4. The number of nitrogens with zero attached hydrogens (tertiary/aromatic N) is 3. The first-order valence-corrected chi connectivity index (χ1v) is 9.38. The molecule has 0 saturated carbocycles. The number of nitriles is 1. The molecular formula is C22H26N4O. The highest BCUT2D eigenvalue weighted by Gasteiger charge is 2.25. The zero-order chi connectivity index (χ0) is 19.2. The van der Waals surface area contributed by atoms with Gasteiger partial charge in [-0.05, 0) is 37.6 Å². The number of hydrogen-bond donors (Lipinski definition) is 1. The number of aryl methyl sites for hydroxylation is 1. The van der Waals surface area contributed by atoms with Crippen molar-refractivity contribution in [2.24, 2.45) is 0 Å². The molecule has 1 atom stereocenters. The highest BCUT2D eigenvalue weighted by molar-refractivity contribution is 5.94. The van der Waals surface area contributed by atoms with Crippen LogP contribution in [0.3, 0.4) is 0 Å². The van der Waals surface area contributed by atoms with Crippen molar-refractivity contribution in [1.82, 2.24) is 9.80 Å². The first-order chi connectivity index (χ1) is 13.0. The van der Waals surface area contributed by atoms with Crippen molar-refractivity contribution in [3.05, 3.63) is 65.2 Å². The number of nitrogens with one attached hydrogen (secondary N) is 1. The van der Waals surface area contributed by atoms with Crippen LogP contribution in [-0.4, -0.2) is 47.9 Å². The van der Waals surface area contributed by atoms with E-state index in [1.807, 2.05) is 13.0 Å². The molecule has 2 aromatic carbocycles. The molecule has 1 aliphatic heterocycles. The van der Waals surface area contributed by atoms with Crippen molar-refractivity contribution in [1.29, 1.82) is 5.26 Å². The van der Waals surface area contributed by atoms with Crippen molar-refractivity contribution >= 4 is 11.6 Å². The number of anilines is 1. The Morgan fingerprint density at radius 3 is 2.59 bits per heavy atom. The van der Waals surface area contributed by atoms with E-state index < -0.39 is 0 Å². The van der Waals surface area contributed by atoms with E-state index in [0.29, 0.717) is 11.3 Å². The van der Waals surface area contributed by atoms with Gasteiger partial charge in [-0.25, -0.2) is 0 Å². The van der Waals surface area contributed by atoms with Gasteiger partial charge in [-0.15, -0.1) is 0 Å². The van der Waals surface area contributed by atoms with E-state index in [9.17, 15) is 4.79 Å². The summed E-state index contributed by atoms with van der Waals surface area (Å²) in [7, 11) is 0. The molecule has 1 aliphatic rings. The molecule has 0 bridgehead atoms.